The number of sulfonamides is 1. The number of thiazole rings is 1. The zero-order valence-electron chi connectivity index (χ0n) is 12.1. The van der Waals surface area contributed by atoms with Crippen LogP contribution in [0.25, 0.3) is 0 Å². The maximum absolute atomic E-state index is 12.4. The quantitative estimate of drug-likeness (QED) is 0.798. The van der Waals surface area contributed by atoms with Crippen molar-refractivity contribution in [3.8, 4) is 0 Å². The van der Waals surface area contributed by atoms with Crippen LogP contribution in [0.4, 0.5) is 0 Å². The van der Waals surface area contributed by atoms with Crippen LogP contribution in [0, 0.1) is 5.92 Å². The molecular formula is C13H20N2O4S2. The molecule has 0 amide bonds. The minimum Gasteiger partial charge on any atom is -0.469 e. The molecule has 6 nitrogen and oxygen atoms in total. The zero-order chi connectivity index (χ0) is 15.5. The summed E-state index contributed by atoms with van der Waals surface area (Å²) >= 11 is 1.50. The van der Waals surface area contributed by atoms with Crippen molar-refractivity contribution in [1.29, 1.82) is 0 Å². The number of hydrogen-bond donors (Lipinski definition) is 1. The van der Waals surface area contributed by atoms with Gasteiger partial charge in [0, 0.05) is 24.0 Å². The van der Waals surface area contributed by atoms with Crippen LogP contribution in [0.1, 0.15) is 37.1 Å². The van der Waals surface area contributed by atoms with E-state index in [0.29, 0.717) is 19.4 Å². The van der Waals surface area contributed by atoms with Gasteiger partial charge < -0.3 is 4.74 Å². The van der Waals surface area contributed by atoms with Crippen molar-refractivity contribution in [3.63, 3.8) is 0 Å². The number of esters is 1. The van der Waals surface area contributed by atoms with Crippen molar-refractivity contribution in [3.05, 3.63) is 16.6 Å². The molecule has 0 bridgehead atoms. The summed E-state index contributed by atoms with van der Waals surface area (Å²) in [6.07, 6.45) is 3.50. The van der Waals surface area contributed by atoms with Crippen molar-refractivity contribution < 1.29 is 17.9 Å². The Bertz CT molecular complexity index is 571. The van der Waals surface area contributed by atoms with Crippen molar-refractivity contribution in [2.24, 2.45) is 5.92 Å². The fourth-order valence-electron chi connectivity index (χ4n) is 2.63. The first-order valence-electron chi connectivity index (χ1n) is 6.91. The summed E-state index contributed by atoms with van der Waals surface area (Å²) in [5.41, 5.74) is 0. The Balaban J connectivity index is 1.99. The third kappa shape index (κ3) is 3.81. The second kappa shape index (κ2) is 6.85. The summed E-state index contributed by atoms with van der Waals surface area (Å²) in [4.78, 5) is 15.9. The molecule has 0 radical (unpaired) electrons. The highest BCUT2D eigenvalue weighted by atomic mass is 32.2. The molecule has 1 aromatic heterocycles. The Morgan fingerprint density at radius 3 is 2.95 bits per heavy atom. The number of nitrogens with zero attached hydrogens (tertiary/aromatic N) is 1. The molecule has 0 saturated heterocycles. The van der Waals surface area contributed by atoms with Crippen molar-refractivity contribution in [1.82, 2.24) is 9.71 Å². The van der Waals surface area contributed by atoms with Crippen LogP contribution < -0.4 is 4.72 Å². The van der Waals surface area contributed by atoms with Crippen LogP contribution in [-0.4, -0.2) is 38.3 Å². The van der Waals surface area contributed by atoms with Crippen molar-refractivity contribution >= 4 is 27.3 Å². The Morgan fingerprint density at radius 1 is 1.57 bits per heavy atom. The van der Waals surface area contributed by atoms with Crippen LogP contribution in [0.3, 0.4) is 0 Å². The number of hydrogen-bond acceptors (Lipinski definition) is 6. The number of rotatable bonds is 6. The number of carbonyl (C=O) groups is 1. The van der Waals surface area contributed by atoms with Crippen molar-refractivity contribution in [2.75, 3.05) is 13.7 Å². The second-order valence-corrected chi connectivity index (χ2v) is 8.17. The first kappa shape index (κ1) is 16.4. The van der Waals surface area contributed by atoms with Crippen LogP contribution >= 0.6 is 11.3 Å². The van der Waals surface area contributed by atoms with E-state index >= 15 is 0 Å². The monoisotopic (exact) mass is 332 g/mol. The van der Waals surface area contributed by atoms with E-state index in [1.54, 1.807) is 6.20 Å². The average Bonchev–Trinajstić information content (AvgIpc) is 3.14. The van der Waals surface area contributed by atoms with E-state index in [1.165, 1.54) is 18.4 Å². The van der Waals surface area contributed by atoms with Gasteiger partial charge in [-0.1, -0.05) is 13.3 Å². The number of carbonyl (C=O) groups excluding carboxylic acids is 1. The Morgan fingerprint density at radius 2 is 2.33 bits per heavy atom. The molecule has 3 unspecified atom stereocenters. The number of nitrogens with one attached hydrogen (secondary N) is 1. The topological polar surface area (TPSA) is 85.4 Å². The fourth-order valence-corrected chi connectivity index (χ4v) is 5.18. The number of methoxy groups -OCH3 is 1. The van der Waals surface area contributed by atoms with E-state index in [9.17, 15) is 13.2 Å². The first-order valence-corrected chi connectivity index (χ1v) is 9.34. The minimum atomic E-state index is -3.52. The van der Waals surface area contributed by atoms with Gasteiger partial charge in [-0.3, -0.25) is 4.79 Å². The van der Waals surface area contributed by atoms with E-state index in [0.717, 1.165) is 11.4 Å². The summed E-state index contributed by atoms with van der Waals surface area (Å²) in [5.74, 6) is -0.976. The first-order chi connectivity index (χ1) is 9.95. The molecule has 1 N–H and O–H groups in total. The largest absolute Gasteiger partial charge is 0.469 e. The van der Waals surface area contributed by atoms with Gasteiger partial charge in [0.25, 0.3) is 0 Å². The van der Waals surface area contributed by atoms with Gasteiger partial charge in [-0.2, -0.15) is 0 Å². The van der Waals surface area contributed by atoms with Gasteiger partial charge in [-0.05, 0) is 12.8 Å². The molecule has 2 rings (SSSR count). The lowest BCUT2D eigenvalue weighted by Gasteiger charge is -2.19. The molecule has 1 aromatic rings. The highest BCUT2D eigenvalue weighted by molar-refractivity contribution is 7.90. The van der Waals surface area contributed by atoms with Crippen LogP contribution in [0.15, 0.2) is 11.6 Å². The van der Waals surface area contributed by atoms with E-state index in [4.69, 9.17) is 4.74 Å². The predicted molar refractivity (Wildman–Crippen MR) is 80.6 cm³/mol. The second-order valence-electron chi connectivity index (χ2n) is 5.26. The lowest BCUT2D eigenvalue weighted by atomic mass is 10.1. The third-order valence-corrected chi connectivity index (χ3v) is 6.76. The lowest BCUT2D eigenvalue weighted by molar-refractivity contribution is -0.145. The van der Waals surface area contributed by atoms with Gasteiger partial charge in [0.1, 0.15) is 0 Å². The number of ether oxygens (including phenoxy) is 1. The van der Waals surface area contributed by atoms with Crippen LogP contribution in [0.5, 0.6) is 0 Å². The molecule has 1 aliphatic carbocycles. The normalized spacial score (nSPS) is 23.9. The van der Waals surface area contributed by atoms with Gasteiger partial charge in [0.05, 0.1) is 23.3 Å². The lowest BCUT2D eigenvalue weighted by Crippen LogP contribution is -2.40. The molecule has 118 valence electrons. The Labute approximate surface area is 129 Å². The summed E-state index contributed by atoms with van der Waals surface area (Å²) in [6, 6.07) is 0. The number of aromatic nitrogens is 1. The van der Waals surface area contributed by atoms with E-state index in [-0.39, 0.29) is 5.92 Å². The molecule has 21 heavy (non-hydrogen) atoms. The molecule has 1 fully saturated rings. The fraction of sp³-hybridized carbons (Fsp3) is 0.692. The van der Waals surface area contributed by atoms with Gasteiger partial charge in [0.2, 0.25) is 10.0 Å². The van der Waals surface area contributed by atoms with E-state index < -0.39 is 27.2 Å². The summed E-state index contributed by atoms with van der Waals surface area (Å²) in [6.45, 7) is 2.22. The predicted octanol–water partition coefficient (Wildman–Crippen LogP) is 1.51. The Hall–Kier alpha value is -0.990. The van der Waals surface area contributed by atoms with Gasteiger partial charge in [-0.25, -0.2) is 18.1 Å². The highest BCUT2D eigenvalue weighted by Gasteiger charge is 2.42. The molecular weight excluding hydrogens is 312 g/mol. The molecule has 0 aromatic carbocycles. The average molecular weight is 332 g/mol. The third-order valence-electron chi connectivity index (χ3n) is 3.82. The van der Waals surface area contributed by atoms with E-state index in [1.807, 2.05) is 12.3 Å². The molecule has 3 atom stereocenters. The zero-order valence-corrected chi connectivity index (χ0v) is 13.7. The van der Waals surface area contributed by atoms with Crippen LogP contribution in [0.2, 0.25) is 0 Å². The van der Waals surface area contributed by atoms with Crippen molar-refractivity contribution in [2.45, 2.75) is 37.4 Å². The van der Waals surface area contributed by atoms with Crippen LogP contribution in [-0.2, 0) is 19.6 Å². The Kier molecular flexibility index (Phi) is 5.34. The molecule has 1 aliphatic rings. The van der Waals surface area contributed by atoms with Gasteiger partial charge >= 0.3 is 5.97 Å². The SMILES string of the molecule is COC(=O)C1CCCC1S(=O)(=O)NCC(C)c1nccs1. The molecule has 8 heteroatoms. The van der Waals surface area contributed by atoms with Gasteiger partial charge in [-0.15, -0.1) is 11.3 Å². The molecule has 0 aliphatic heterocycles. The van der Waals surface area contributed by atoms with E-state index in [2.05, 4.69) is 9.71 Å². The molecule has 0 spiro atoms. The maximum atomic E-state index is 12.4. The summed E-state index contributed by atoms with van der Waals surface area (Å²) in [7, 11) is -2.23. The summed E-state index contributed by atoms with van der Waals surface area (Å²) in [5, 5.41) is 2.08. The summed E-state index contributed by atoms with van der Waals surface area (Å²) < 4.78 is 32.1. The molecule has 1 heterocycles. The van der Waals surface area contributed by atoms with Gasteiger partial charge in [0.15, 0.2) is 0 Å². The molecule has 1 saturated carbocycles. The highest BCUT2D eigenvalue weighted by Crippen LogP contribution is 2.31. The minimum absolute atomic E-state index is 0.0118. The standard InChI is InChI=1S/C13H20N2O4S2/c1-9(12-14-6-7-20-12)8-15-21(17,18)11-5-3-4-10(11)13(16)19-2/h6-7,9-11,15H,3-5,8H2,1-2H3. The smallest absolute Gasteiger partial charge is 0.310 e. The maximum Gasteiger partial charge on any atom is 0.310 e.